The van der Waals surface area contributed by atoms with Crippen molar-refractivity contribution in [3.63, 3.8) is 0 Å². The zero-order valence-corrected chi connectivity index (χ0v) is 15.3. The lowest BCUT2D eigenvalue weighted by Gasteiger charge is -2.28. The number of fused-ring (bicyclic) bond motifs is 1. The van der Waals surface area contributed by atoms with Crippen LogP contribution in [0.15, 0.2) is 18.2 Å². The van der Waals surface area contributed by atoms with E-state index in [4.69, 9.17) is 4.74 Å². The Morgan fingerprint density at radius 1 is 1.29 bits per heavy atom. The van der Waals surface area contributed by atoms with Crippen molar-refractivity contribution in [3.05, 3.63) is 34.9 Å². The molecule has 1 N–H and O–H groups in total. The molecule has 1 aliphatic carbocycles. The summed E-state index contributed by atoms with van der Waals surface area (Å²) in [5.41, 5.74) is 2.42. The number of carbonyl (C=O) groups is 2. The zero-order chi connectivity index (χ0) is 17.7. The Bertz CT molecular complexity index is 601. The van der Waals surface area contributed by atoms with Crippen LogP contribution in [0.5, 0.6) is 0 Å². The Hall–Kier alpha value is -1.68. The molecule has 4 nitrogen and oxygen atoms in total. The standard InChI is InChI=1S/C20H29NO3/c1-5-12-21-16-11-7-9-14-8-6-10-15(19(14)16)17(22)13-18(23)24-20(2,3)4/h6,8,10,16,21H,5,7,9,11-13H2,1-4H3. The Labute approximate surface area is 145 Å². The fourth-order valence-corrected chi connectivity index (χ4v) is 3.25. The smallest absolute Gasteiger partial charge is 0.314 e. The molecule has 132 valence electrons. The number of hydrogen-bond acceptors (Lipinski definition) is 4. The molecule has 0 fully saturated rings. The van der Waals surface area contributed by atoms with E-state index >= 15 is 0 Å². The highest BCUT2D eigenvalue weighted by atomic mass is 16.6. The molecule has 0 radical (unpaired) electrons. The quantitative estimate of drug-likeness (QED) is 0.487. The molecule has 1 aliphatic rings. The van der Waals surface area contributed by atoms with Crippen LogP contribution < -0.4 is 5.32 Å². The fraction of sp³-hybridized carbons (Fsp3) is 0.600. The second-order valence-corrected chi connectivity index (χ2v) is 7.46. The predicted octanol–water partition coefficient (Wildman–Crippen LogP) is 3.98. The fourth-order valence-electron chi connectivity index (χ4n) is 3.25. The third kappa shape index (κ3) is 4.91. The number of nitrogens with one attached hydrogen (secondary N) is 1. The summed E-state index contributed by atoms with van der Waals surface area (Å²) in [6.45, 7) is 8.49. The van der Waals surface area contributed by atoms with Gasteiger partial charge in [0.1, 0.15) is 12.0 Å². The molecule has 1 aromatic rings. The Morgan fingerprint density at radius 2 is 2.04 bits per heavy atom. The first-order chi connectivity index (χ1) is 11.3. The van der Waals surface area contributed by atoms with Crippen molar-refractivity contribution in [1.82, 2.24) is 5.32 Å². The number of aryl methyl sites for hydroxylation is 1. The summed E-state index contributed by atoms with van der Waals surface area (Å²) >= 11 is 0. The first-order valence-electron chi connectivity index (χ1n) is 8.92. The van der Waals surface area contributed by atoms with Gasteiger partial charge in [0.25, 0.3) is 0 Å². The van der Waals surface area contributed by atoms with Gasteiger partial charge in [-0.3, -0.25) is 9.59 Å². The van der Waals surface area contributed by atoms with Crippen LogP contribution >= 0.6 is 0 Å². The molecule has 2 rings (SSSR count). The second-order valence-electron chi connectivity index (χ2n) is 7.46. The van der Waals surface area contributed by atoms with Gasteiger partial charge in [0.2, 0.25) is 0 Å². The van der Waals surface area contributed by atoms with Crippen molar-refractivity contribution in [2.24, 2.45) is 0 Å². The average Bonchev–Trinajstić information content (AvgIpc) is 2.50. The van der Waals surface area contributed by atoms with Crippen LogP contribution in [-0.2, 0) is 16.0 Å². The van der Waals surface area contributed by atoms with Gasteiger partial charge in [-0.25, -0.2) is 0 Å². The molecule has 1 atom stereocenters. The minimum absolute atomic E-state index is 0.147. The van der Waals surface area contributed by atoms with Gasteiger partial charge < -0.3 is 10.1 Å². The summed E-state index contributed by atoms with van der Waals surface area (Å²) in [6, 6.07) is 6.06. The van der Waals surface area contributed by atoms with Crippen LogP contribution in [0.25, 0.3) is 0 Å². The van der Waals surface area contributed by atoms with E-state index in [1.807, 2.05) is 32.9 Å². The molecule has 1 unspecified atom stereocenters. The lowest BCUT2D eigenvalue weighted by Crippen LogP contribution is -2.29. The number of esters is 1. The maximum absolute atomic E-state index is 12.7. The van der Waals surface area contributed by atoms with E-state index in [0.29, 0.717) is 5.56 Å². The van der Waals surface area contributed by atoms with Gasteiger partial charge in [-0.1, -0.05) is 25.1 Å². The molecule has 4 heteroatoms. The summed E-state index contributed by atoms with van der Waals surface area (Å²) in [6.07, 6.45) is 4.00. The first-order valence-corrected chi connectivity index (χ1v) is 8.92. The minimum atomic E-state index is -0.571. The van der Waals surface area contributed by atoms with Gasteiger partial charge in [0.15, 0.2) is 5.78 Å². The molecule has 0 spiro atoms. The van der Waals surface area contributed by atoms with Gasteiger partial charge in [-0.15, -0.1) is 0 Å². The monoisotopic (exact) mass is 331 g/mol. The van der Waals surface area contributed by atoms with Crippen molar-refractivity contribution in [3.8, 4) is 0 Å². The largest absolute Gasteiger partial charge is 0.460 e. The van der Waals surface area contributed by atoms with Crippen molar-refractivity contribution in [2.75, 3.05) is 6.54 Å². The van der Waals surface area contributed by atoms with Crippen LogP contribution in [0, 0.1) is 0 Å². The van der Waals surface area contributed by atoms with Gasteiger partial charge >= 0.3 is 5.97 Å². The van der Waals surface area contributed by atoms with Gasteiger partial charge in [-0.2, -0.15) is 0 Å². The Morgan fingerprint density at radius 3 is 2.71 bits per heavy atom. The minimum Gasteiger partial charge on any atom is -0.460 e. The maximum Gasteiger partial charge on any atom is 0.314 e. The van der Waals surface area contributed by atoms with Gasteiger partial charge in [0, 0.05) is 11.6 Å². The summed E-state index contributed by atoms with van der Waals surface area (Å²) in [7, 11) is 0. The lowest BCUT2D eigenvalue weighted by atomic mass is 9.83. The Kier molecular flexibility index (Phi) is 6.16. The molecular formula is C20H29NO3. The molecule has 0 aliphatic heterocycles. The van der Waals surface area contributed by atoms with E-state index in [2.05, 4.69) is 18.3 Å². The van der Waals surface area contributed by atoms with E-state index in [1.165, 1.54) is 5.56 Å². The molecule has 0 saturated carbocycles. The van der Waals surface area contributed by atoms with E-state index in [-0.39, 0.29) is 18.2 Å². The summed E-state index contributed by atoms with van der Waals surface area (Å²) < 4.78 is 5.29. The summed E-state index contributed by atoms with van der Waals surface area (Å²) in [4.78, 5) is 24.7. The summed E-state index contributed by atoms with van der Waals surface area (Å²) in [5.74, 6) is -0.606. The SMILES string of the molecule is CCCNC1CCCc2cccc(C(=O)CC(=O)OC(C)(C)C)c21. The highest BCUT2D eigenvalue weighted by Gasteiger charge is 2.27. The molecule has 0 amide bonds. The van der Waals surface area contributed by atoms with Crippen LogP contribution in [0.3, 0.4) is 0 Å². The molecule has 0 saturated heterocycles. The third-order valence-electron chi connectivity index (χ3n) is 4.15. The number of ketones is 1. The van der Waals surface area contributed by atoms with E-state index in [9.17, 15) is 9.59 Å². The first kappa shape index (κ1) is 18.7. The van der Waals surface area contributed by atoms with Crippen LogP contribution in [0.4, 0.5) is 0 Å². The number of Topliss-reactive ketones (excluding diaryl/α,β-unsaturated/α-hetero) is 1. The van der Waals surface area contributed by atoms with E-state index < -0.39 is 11.6 Å². The topological polar surface area (TPSA) is 55.4 Å². The van der Waals surface area contributed by atoms with Crippen LogP contribution in [0.2, 0.25) is 0 Å². The highest BCUT2D eigenvalue weighted by molar-refractivity contribution is 6.07. The number of rotatable bonds is 6. The number of benzene rings is 1. The summed E-state index contributed by atoms with van der Waals surface area (Å²) in [5, 5.41) is 3.55. The molecule has 0 heterocycles. The molecular weight excluding hydrogens is 302 g/mol. The maximum atomic E-state index is 12.7. The van der Waals surface area contributed by atoms with Crippen molar-refractivity contribution in [1.29, 1.82) is 0 Å². The van der Waals surface area contributed by atoms with Crippen LogP contribution in [-0.4, -0.2) is 23.9 Å². The number of carbonyl (C=O) groups excluding carboxylic acids is 2. The van der Waals surface area contributed by atoms with E-state index in [0.717, 1.165) is 37.8 Å². The average molecular weight is 331 g/mol. The predicted molar refractivity (Wildman–Crippen MR) is 95.2 cm³/mol. The highest BCUT2D eigenvalue weighted by Crippen LogP contribution is 2.33. The Balaban J connectivity index is 2.21. The molecule has 0 aromatic heterocycles. The third-order valence-corrected chi connectivity index (χ3v) is 4.15. The van der Waals surface area contributed by atoms with E-state index in [1.54, 1.807) is 0 Å². The van der Waals surface area contributed by atoms with Gasteiger partial charge in [-0.05, 0) is 64.1 Å². The van der Waals surface area contributed by atoms with Crippen LogP contribution in [0.1, 0.15) is 80.9 Å². The molecule has 1 aromatic carbocycles. The van der Waals surface area contributed by atoms with Crippen molar-refractivity contribution >= 4 is 11.8 Å². The molecule has 0 bridgehead atoms. The zero-order valence-electron chi connectivity index (χ0n) is 15.3. The second kappa shape index (κ2) is 7.93. The molecule has 24 heavy (non-hydrogen) atoms. The normalized spacial score (nSPS) is 17.2. The van der Waals surface area contributed by atoms with Crippen molar-refractivity contribution in [2.45, 2.75) is 71.4 Å². The van der Waals surface area contributed by atoms with Crippen molar-refractivity contribution < 1.29 is 14.3 Å². The number of ether oxygens (including phenoxy) is 1. The number of hydrogen-bond donors (Lipinski definition) is 1. The lowest BCUT2D eigenvalue weighted by molar-refractivity contribution is -0.153. The van der Waals surface area contributed by atoms with Gasteiger partial charge in [0.05, 0.1) is 0 Å².